The van der Waals surface area contributed by atoms with Crippen molar-refractivity contribution in [1.82, 2.24) is 0 Å². The molecule has 0 saturated heterocycles. The second kappa shape index (κ2) is 5.62. The molecule has 0 aliphatic rings. The minimum atomic E-state index is -0.464. The zero-order valence-corrected chi connectivity index (χ0v) is 10.7. The molecule has 1 aromatic heterocycles. The highest BCUT2D eigenvalue weighted by molar-refractivity contribution is 7.10. The molecule has 1 aromatic carbocycles. The molecular formula is C14H13NO2S. The molecule has 4 heteroatoms. The van der Waals surface area contributed by atoms with E-state index in [0.717, 1.165) is 10.4 Å². The molecule has 0 unspecified atom stereocenters. The first-order chi connectivity index (χ1) is 8.66. The Morgan fingerprint density at radius 2 is 2.17 bits per heavy atom. The van der Waals surface area contributed by atoms with Crippen molar-refractivity contribution >= 4 is 29.0 Å². The lowest BCUT2D eigenvalue weighted by Crippen LogP contribution is -2.24. The van der Waals surface area contributed by atoms with Gasteiger partial charge in [0.2, 0.25) is 0 Å². The normalized spacial score (nSPS) is 10.8. The van der Waals surface area contributed by atoms with Gasteiger partial charge in [0.15, 0.2) is 0 Å². The Balaban J connectivity index is 2.09. The number of carbonyl (C=O) groups is 1. The summed E-state index contributed by atoms with van der Waals surface area (Å²) in [5.41, 5.74) is 1.46. The average Bonchev–Trinajstić information content (AvgIpc) is 2.88. The minimum absolute atomic E-state index is 0.464. The predicted molar refractivity (Wildman–Crippen MR) is 73.8 cm³/mol. The third-order valence-corrected chi connectivity index (χ3v) is 3.23. The van der Waals surface area contributed by atoms with E-state index in [1.165, 1.54) is 17.4 Å². The van der Waals surface area contributed by atoms with E-state index < -0.39 is 5.91 Å². The molecule has 1 N–H and O–H groups in total. The molecule has 0 aliphatic carbocycles. The van der Waals surface area contributed by atoms with Crippen LogP contribution in [0.15, 0.2) is 47.9 Å². The fourth-order valence-corrected chi connectivity index (χ4v) is 2.12. The van der Waals surface area contributed by atoms with Crippen LogP contribution in [0, 0.1) is 6.92 Å². The Morgan fingerprint density at radius 3 is 2.83 bits per heavy atom. The predicted octanol–water partition coefficient (Wildman–Crippen LogP) is 3.49. The highest BCUT2D eigenvalue weighted by atomic mass is 32.1. The van der Waals surface area contributed by atoms with Crippen molar-refractivity contribution in [3.05, 3.63) is 58.3 Å². The first-order valence-electron chi connectivity index (χ1n) is 5.48. The maximum Gasteiger partial charge on any atom is 0.274 e. The van der Waals surface area contributed by atoms with Gasteiger partial charge in [-0.15, -0.1) is 11.3 Å². The van der Waals surface area contributed by atoms with E-state index in [1.807, 2.05) is 30.5 Å². The van der Waals surface area contributed by atoms with E-state index in [4.69, 9.17) is 0 Å². The lowest BCUT2D eigenvalue weighted by atomic mass is 10.2. The standard InChI is InChI=1S/C14H13NO2S/c1-11-4-2-5-12(10-11)15(17)14(16)8-7-13-6-3-9-18-13/h2-10,17H,1H3. The summed E-state index contributed by atoms with van der Waals surface area (Å²) in [7, 11) is 0. The lowest BCUT2D eigenvalue weighted by molar-refractivity contribution is -0.118. The third-order valence-electron chi connectivity index (χ3n) is 2.39. The fourth-order valence-electron chi connectivity index (χ4n) is 1.50. The third kappa shape index (κ3) is 3.06. The molecule has 1 amide bonds. The summed E-state index contributed by atoms with van der Waals surface area (Å²) >= 11 is 1.54. The van der Waals surface area contributed by atoms with E-state index in [2.05, 4.69) is 0 Å². The van der Waals surface area contributed by atoms with Crippen LogP contribution in [-0.4, -0.2) is 11.1 Å². The van der Waals surface area contributed by atoms with Crippen LogP contribution in [0.2, 0.25) is 0 Å². The number of amides is 1. The topological polar surface area (TPSA) is 40.5 Å². The van der Waals surface area contributed by atoms with Gasteiger partial charge in [-0.2, -0.15) is 5.06 Å². The summed E-state index contributed by atoms with van der Waals surface area (Å²) < 4.78 is 0. The highest BCUT2D eigenvalue weighted by Gasteiger charge is 2.09. The largest absolute Gasteiger partial charge is 0.281 e. The Morgan fingerprint density at radius 1 is 1.33 bits per heavy atom. The summed E-state index contributed by atoms with van der Waals surface area (Å²) in [5.74, 6) is -0.464. The van der Waals surface area contributed by atoms with Crippen molar-refractivity contribution in [3.8, 4) is 0 Å². The number of aryl methyl sites for hydroxylation is 1. The summed E-state index contributed by atoms with van der Waals surface area (Å²) in [6, 6.07) is 10.9. The number of hydroxylamine groups is 1. The second-order valence-corrected chi connectivity index (χ2v) is 4.82. The molecule has 2 rings (SSSR count). The molecule has 0 aliphatic heterocycles. The van der Waals surface area contributed by atoms with Crippen molar-refractivity contribution in [1.29, 1.82) is 0 Å². The summed E-state index contributed by atoms with van der Waals surface area (Å²) in [4.78, 5) is 12.7. The van der Waals surface area contributed by atoms with Crippen molar-refractivity contribution < 1.29 is 10.0 Å². The van der Waals surface area contributed by atoms with E-state index >= 15 is 0 Å². The summed E-state index contributed by atoms with van der Waals surface area (Å²) in [6.07, 6.45) is 3.04. The highest BCUT2D eigenvalue weighted by Crippen LogP contribution is 2.15. The van der Waals surface area contributed by atoms with Gasteiger partial charge in [0.1, 0.15) is 0 Å². The molecule has 18 heavy (non-hydrogen) atoms. The van der Waals surface area contributed by atoms with Gasteiger partial charge < -0.3 is 0 Å². The quantitative estimate of drug-likeness (QED) is 0.520. The number of anilines is 1. The number of hydrogen-bond donors (Lipinski definition) is 1. The average molecular weight is 259 g/mol. The van der Waals surface area contributed by atoms with Crippen molar-refractivity contribution in [2.75, 3.05) is 5.06 Å². The van der Waals surface area contributed by atoms with Gasteiger partial charge in [0.25, 0.3) is 5.91 Å². The molecule has 0 spiro atoms. The molecule has 2 aromatic rings. The zero-order chi connectivity index (χ0) is 13.0. The van der Waals surface area contributed by atoms with E-state index in [1.54, 1.807) is 24.3 Å². The van der Waals surface area contributed by atoms with Crippen molar-refractivity contribution in [2.24, 2.45) is 0 Å². The smallest absolute Gasteiger partial charge is 0.274 e. The molecule has 0 fully saturated rings. The monoisotopic (exact) mass is 259 g/mol. The Labute approximate surface area is 110 Å². The molecule has 92 valence electrons. The minimum Gasteiger partial charge on any atom is -0.281 e. The molecule has 1 heterocycles. The summed E-state index contributed by atoms with van der Waals surface area (Å²) in [6.45, 7) is 1.91. The van der Waals surface area contributed by atoms with E-state index in [9.17, 15) is 10.0 Å². The number of hydrogen-bond acceptors (Lipinski definition) is 3. The number of rotatable bonds is 3. The van der Waals surface area contributed by atoms with Gasteiger partial charge >= 0.3 is 0 Å². The molecular weight excluding hydrogens is 246 g/mol. The summed E-state index contributed by atoms with van der Waals surface area (Å²) in [5, 5.41) is 12.4. The fraction of sp³-hybridized carbons (Fsp3) is 0.0714. The SMILES string of the molecule is Cc1cccc(N(O)C(=O)C=Cc2cccs2)c1. The van der Waals surface area contributed by atoms with Gasteiger partial charge in [-0.05, 0) is 42.1 Å². The number of benzene rings is 1. The molecule has 0 bridgehead atoms. The zero-order valence-electron chi connectivity index (χ0n) is 9.91. The van der Waals surface area contributed by atoms with Crippen LogP contribution in [0.25, 0.3) is 6.08 Å². The number of carbonyl (C=O) groups excluding carboxylic acids is 1. The maximum atomic E-state index is 11.7. The van der Waals surface area contributed by atoms with Crippen LogP contribution >= 0.6 is 11.3 Å². The Kier molecular flexibility index (Phi) is 3.92. The van der Waals surface area contributed by atoms with Crippen LogP contribution < -0.4 is 5.06 Å². The second-order valence-electron chi connectivity index (χ2n) is 3.84. The molecule has 3 nitrogen and oxygen atoms in total. The van der Waals surface area contributed by atoms with Gasteiger partial charge in [0.05, 0.1) is 5.69 Å². The molecule has 0 atom stereocenters. The Hall–Kier alpha value is -1.91. The first-order valence-corrected chi connectivity index (χ1v) is 6.36. The molecule has 0 saturated carbocycles. The van der Waals surface area contributed by atoms with Crippen LogP contribution in [0.1, 0.15) is 10.4 Å². The maximum absolute atomic E-state index is 11.7. The van der Waals surface area contributed by atoms with E-state index in [0.29, 0.717) is 10.8 Å². The first kappa shape index (κ1) is 12.5. The van der Waals surface area contributed by atoms with Crippen molar-refractivity contribution in [2.45, 2.75) is 6.92 Å². The molecule has 0 radical (unpaired) electrons. The van der Waals surface area contributed by atoms with Crippen LogP contribution in [-0.2, 0) is 4.79 Å². The van der Waals surface area contributed by atoms with Crippen LogP contribution in [0.3, 0.4) is 0 Å². The van der Waals surface area contributed by atoms with Crippen LogP contribution in [0.5, 0.6) is 0 Å². The van der Waals surface area contributed by atoms with Gasteiger partial charge in [-0.25, -0.2) is 0 Å². The number of nitrogens with zero attached hydrogens (tertiary/aromatic N) is 1. The van der Waals surface area contributed by atoms with Crippen LogP contribution in [0.4, 0.5) is 5.69 Å². The van der Waals surface area contributed by atoms with Gasteiger partial charge in [-0.3, -0.25) is 10.0 Å². The lowest BCUT2D eigenvalue weighted by Gasteiger charge is -2.13. The van der Waals surface area contributed by atoms with Crippen molar-refractivity contribution in [3.63, 3.8) is 0 Å². The van der Waals surface area contributed by atoms with Gasteiger partial charge in [0, 0.05) is 11.0 Å². The van der Waals surface area contributed by atoms with E-state index in [-0.39, 0.29) is 0 Å². The Bertz CT molecular complexity index is 561. The van der Waals surface area contributed by atoms with Gasteiger partial charge in [-0.1, -0.05) is 18.2 Å². The number of thiophene rings is 1.